The van der Waals surface area contributed by atoms with Crippen LogP contribution in [0.15, 0.2) is 30.5 Å². The maximum Gasteiger partial charge on any atom is 0.306 e. The van der Waals surface area contributed by atoms with Gasteiger partial charge in [-0.05, 0) is 54.3 Å². The molecule has 0 amide bonds. The Labute approximate surface area is 129 Å². The number of carboxylic acid groups (broad SMARTS) is 1. The van der Waals surface area contributed by atoms with Crippen LogP contribution >= 0.6 is 0 Å². The van der Waals surface area contributed by atoms with Gasteiger partial charge in [0.05, 0.1) is 12.0 Å². The molecule has 2 heterocycles. The Balaban J connectivity index is 1.64. The second kappa shape index (κ2) is 5.11. The Morgan fingerprint density at radius 3 is 2.95 bits per heavy atom. The molecular weight excluding hydrogens is 278 g/mol. The summed E-state index contributed by atoms with van der Waals surface area (Å²) in [5.74, 6) is -0.510. The van der Waals surface area contributed by atoms with E-state index in [2.05, 4.69) is 45.9 Å². The van der Waals surface area contributed by atoms with Crippen LogP contribution in [0.5, 0.6) is 0 Å². The number of carbonyl (C=O) groups is 1. The summed E-state index contributed by atoms with van der Waals surface area (Å²) in [4.78, 5) is 11.3. The van der Waals surface area contributed by atoms with Crippen molar-refractivity contribution in [3.8, 4) is 0 Å². The Morgan fingerprint density at radius 2 is 2.14 bits per heavy atom. The number of aromatic nitrogens is 1. The second-order valence-electron chi connectivity index (χ2n) is 6.63. The maximum atomic E-state index is 11.3. The van der Waals surface area contributed by atoms with Crippen LogP contribution in [-0.2, 0) is 11.8 Å². The summed E-state index contributed by atoms with van der Waals surface area (Å²) in [5, 5.41) is 10.5. The van der Waals surface area contributed by atoms with Crippen molar-refractivity contribution in [2.45, 2.75) is 31.3 Å². The van der Waals surface area contributed by atoms with Crippen LogP contribution in [0.25, 0.3) is 10.9 Å². The minimum atomic E-state index is -0.650. The number of nitrogens with one attached hydrogen (secondary N) is 2. The molecule has 5 nitrogen and oxygen atoms in total. The largest absolute Gasteiger partial charge is 0.481 e. The van der Waals surface area contributed by atoms with Gasteiger partial charge in [0.2, 0.25) is 0 Å². The van der Waals surface area contributed by atoms with Gasteiger partial charge in [-0.25, -0.2) is 5.43 Å². The van der Waals surface area contributed by atoms with Crippen molar-refractivity contribution in [2.75, 3.05) is 0 Å². The van der Waals surface area contributed by atoms with Gasteiger partial charge in [0.15, 0.2) is 0 Å². The Kier molecular flexibility index (Phi) is 3.20. The van der Waals surface area contributed by atoms with Crippen LogP contribution in [0.4, 0.5) is 0 Å². The maximum absolute atomic E-state index is 11.3. The van der Waals surface area contributed by atoms with Crippen LogP contribution in [0.3, 0.4) is 0 Å². The number of nitrogens with zero attached hydrogens (tertiary/aromatic N) is 1. The number of fused-ring (bicyclic) bond motifs is 2. The number of aryl methyl sites for hydroxylation is 1. The quantitative estimate of drug-likeness (QED) is 0.795. The van der Waals surface area contributed by atoms with E-state index in [1.54, 1.807) is 0 Å². The normalized spacial score (nSPS) is 31.3. The highest BCUT2D eigenvalue weighted by Gasteiger charge is 2.42. The fourth-order valence-electron chi connectivity index (χ4n) is 4.11. The van der Waals surface area contributed by atoms with Crippen molar-refractivity contribution < 1.29 is 9.90 Å². The van der Waals surface area contributed by atoms with Crippen LogP contribution in [0.1, 0.15) is 30.9 Å². The minimum Gasteiger partial charge on any atom is -0.481 e. The van der Waals surface area contributed by atoms with E-state index in [9.17, 15) is 9.90 Å². The number of hydrogen-bond donors (Lipinski definition) is 3. The van der Waals surface area contributed by atoms with Crippen molar-refractivity contribution in [1.82, 2.24) is 15.4 Å². The van der Waals surface area contributed by atoms with Gasteiger partial charge < -0.3 is 9.67 Å². The van der Waals surface area contributed by atoms with Gasteiger partial charge in [-0.3, -0.25) is 10.2 Å². The smallest absolute Gasteiger partial charge is 0.306 e. The summed E-state index contributed by atoms with van der Waals surface area (Å²) in [6, 6.07) is 9.23. The van der Waals surface area contributed by atoms with Gasteiger partial charge in [0.25, 0.3) is 0 Å². The first kappa shape index (κ1) is 13.8. The van der Waals surface area contributed by atoms with Crippen molar-refractivity contribution in [2.24, 2.45) is 18.9 Å². The molecule has 2 fully saturated rings. The van der Waals surface area contributed by atoms with Crippen LogP contribution < -0.4 is 10.9 Å². The summed E-state index contributed by atoms with van der Waals surface area (Å²) in [6.07, 6.45) is 4.52. The predicted molar refractivity (Wildman–Crippen MR) is 84.2 cm³/mol. The molecule has 1 saturated carbocycles. The van der Waals surface area contributed by atoms with Gasteiger partial charge in [-0.15, -0.1) is 0 Å². The molecule has 1 saturated heterocycles. The summed E-state index contributed by atoms with van der Waals surface area (Å²) in [5.41, 5.74) is 9.23. The zero-order valence-electron chi connectivity index (χ0n) is 12.6. The van der Waals surface area contributed by atoms with Crippen molar-refractivity contribution in [3.05, 3.63) is 36.0 Å². The molecule has 116 valence electrons. The van der Waals surface area contributed by atoms with Gasteiger partial charge in [-0.1, -0.05) is 6.07 Å². The topological polar surface area (TPSA) is 66.3 Å². The van der Waals surface area contributed by atoms with Gasteiger partial charge >= 0.3 is 5.97 Å². The van der Waals surface area contributed by atoms with Gasteiger partial charge in [0, 0.05) is 24.8 Å². The molecule has 4 unspecified atom stereocenters. The third kappa shape index (κ3) is 2.12. The van der Waals surface area contributed by atoms with E-state index in [-0.39, 0.29) is 12.0 Å². The van der Waals surface area contributed by atoms with Crippen LogP contribution in [0.2, 0.25) is 0 Å². The fraction of sp³-hybridized carbons (Fsp3) is 0.471. The molecule has 0 bridgehead atoms. The first-order valence-electron chi connectivity index (χ1n) is 7.92. The van der Waals surface area contributed by atoms with E-state index in [4.69, 9.17) is 0 Å². The Morgan fingerprint density at radius 1 is 1.27 bits per heavy atom. The lowest BCUT2D eigenvalue weighted by Crippen LogP contribution is -2.36. The number of hydrazine groups is 1. The molecule has 4 atom stereocenters. The Hall–Kier alpha value is -1.85. The number of rotatable bonds is 2. The third-order valence-electron chi connectivity index (χ3n) is 5.37. The summed E-state index contributed by atoms with van der Waals surface area (Å²) in [6.45, 7) is 0. The lowest BCUT2D eigenvalue weighted by atomic mass is 9.74. The molecule has 0 spiro atoms. The molecule has 1 aromatic carbocycles. The Bertz CT molecular complexity index is 724. The molecular formula is C17H21N3O2. The molecule has 22 heavy (non-hydrogen) atoms. The van der Waals surface area contributed by atoms with Crippen LogP contribution in [-0.4, -0.2) is 21.7 Å². The molecule has 4 rings (SSSR count). The standard InChI is InChI=1S/C17H21N3O2/c1-20-7-6-10-8-11(3-5-15(10)20)16-13-9-12(17(21)22)2-4-14(13)18-19-16/h3,5-8,12-14,16,18-19H,2,4,9H2,1H3,(H,21,22). The molecule has 2 aliphatic rings. The number of hydrogen-bond acceptors (Lipinski definition) is 3. The molecule has 0 radical (unpaired) electrons. The first-order chi connectivity index (χ1) is 10.6. The predicted octanol–water partition coefficient (Wildman–Crippen LogP) is 2.20. The zero-order valence-corrected chi connectivity index (χ0v) is 12.6. The number of aliphatic carboxylic acids is 1. The molecule has 1 aliphatic carbocycles. The second-order valence-corrected chi connectivity index (χ2v) is 6.63. The molecule has 3 N–H and O–H groups in total. The fourth-order valence-corrected chi connectivity index (χ4v) is 4.11. The monoisotopic (exact) mass is 299 g/mol. The van der Waals surface area contributed by atoms with Gasteiger partial charge in [0.1, 0.15) is 0 Å². The van der Waals surface area contributed by atoms with E-state index in [1.165, 1.54) is 16.5 Å². The minimum absolute atomic E-state index is 0.191. The third-order valence-corrected chi connectivity index (χ3v) is 5.37. The van der Waals surface area contributed by atoms with E-state index < -0.39 is 5.97 Å². The summed E-state index contributed by atoms with van der Waals surface area (Å²) < 4.78 is 2.11. The van der Waals surface area contributed by atoms with Gasteiger partial charge in [-0.2, -0.15) is 0 Å². The summed E-state index contributed by atoms with van der Waals surface area (Å²) >= 11 is 0. The van der Waals surface area contributed by atoms with E-state index in [0.717, 1.165) is 19.3 Å². The number of benzene rings is 1. The average molecular weight is 299 g/mol. The first-order valence-corrected chi connectivity index (χ1v) is 7.92. The highest BCUT2D eigenvalue weighted by atomic mass is 16.4. The molecule has 1 aromatic heterocycles. The van der Waals surface area contributed by atoms with E-state index in [1.807, 2.05) is 7.05 Å². The van der Waals surface area contributed by atoms with Crippen molar-refractivity contribution >= 4 is 16.9 Å². The van der Waals surface area contributed by atoms with Crippen molar-refractivity contribution in [1.29, 1.82) is 0 Å². The SMILES string of the molecule is Cn1ccc2cc(C3NNC4CCC(C(=O)O)CC43)ccc21. The molecule has 2 aromatic rings. The summed E-state index contributed by atoms with van der Waals surface area (Å²) in [7, 11) is 2.05. The lowest BCUT2D eigenvalue weighted by molar-refractivity contribution is -0.143. The van der Waals surface area contributed by atoms with Crippen molar-refractivity contribution in [3.63, 3.8) is 0 Å². The number of carboxylic acids is 1. The molecule has 5 heteroatoms. The zero-order chi connectivity index (χ0) is 15.3. The highest BCUT2D eigenvalue weighted by Crippen LogP contribution is 2.40. The average Bonchev–Trinajstić information content (AvgIpc) is 3.10. The lowest BCUT2D eigenvalue weighted by Gasteiger charge is -2.31. The molecule has 1 aliphatic heterocycles. The highest BCUT2D eigenvalue weighted by molar-refractivity contribution is 5.81. The van der Waals surface area contributed by atoms with Crippen LogP contribution in [0, 0.1) is 11.8 Å². The van der Waals surface area contributed by atoms with E-state index in [0.29, 0.717) is 12.0 Å². The van der Waals surface area contributed by atoms with E-state index >= 15 is 0 Å².